The van der Waals surface area contributed by atoms with Crippen molar-refractivity contribution in [3.05, 3.63) is 35.9 Å². The monoisotopic (exact) mass is 398 g/mol. The number of primary amides is 2. The van der Waals surface area contributed by atoms with E-state index in [0.29, 0.717) is 25.9 Å². The lowest BCUT2D eigenvalue weighted by molar-refractivity contribution is -0.126. The van der Waals surface area contributed by atoms with Gasteiger partial charge in [-0.15, -0.1) is 0 Å². The van der Waals surface area contributed by atoms with Gasteiger partial charge in [0.05, 0.1) is 11.8 Å². The van der Waals surface area contributed by atoms with E-state index in [2.05, 4.69) is 5.32 Å². The van der Waals surface area contributed by atoms with Crippen LogP contribution in [0.2, 0.25) is 0 Å². The van der Waals surface area contributed by atoms with Gasteiger partial charge in [-0.3, -0.25) is 14.5 Å². The third-order valence-electron chi connectivity index (χ3n) is 5.01. The van der Waals surface area contributed by atoms with E-state index in [1.54, 1.807) is 0 Å². The number of hydrogen-bond donors (Lipinski definition) is 3. The lowest BCUT2D eigenvalue weighted by Gasteiger charge is -2.33. The number of nitrogens with zero attached hydrogens (tertiary/aromatic N) is 1. The van der Waals surface area contributed by atoms with Gasteiger partial charge in [0, 0.05) is 19.6 Å². The van der Waals surface area contributed by atoms with Gasteiger partial charge in [0.1, 0.15) is 12.3 Å². The first-order valence-corrected chi connectivity index (χ1v) is 9.22. The Balaban J connectivity index is 0.000000307. The lowest BCUT2D eigenvalue weighted by Crippen LogP contribution is -2.46. The average molecular weight is 398 g/mol. The summed E-state index contributed by atoms with van der Waals surface area (Å²) in [6.07, 6.45) is -1.18. The first kappa shape index (κ1) is 24.0. The number of rotatable bonds is 4. The predicted molar refractivity (Wildman–Crippen MR) is 106 cm³/mol. The van der Waals surface area contributed by atoms with Crippen LogP contribution in [0.5, 0.6) is 0 Å². The molecule has 4 atom stereocenters. The summed E-state index contributed by atoms with van der Waals surface area (Å²) >= 11 is 0. The van der Waals surface area contributed by atoms with Crippen molar-refractivity contribution < 1.29 is 18.4 Å². The van der Waals surface area contributed by atoms with Crippen LogP contribution in [0.15, 0.2) is 30.3 Å². The number of likely N-dealkylation sites (tertiary alicyclic amines) is 1. The van der Waals surface area contributed by atoms with Crippen LogP contribution in [0.3, 0.4) is 0 Å². The Labute approximate surface area is 165 Å². The Morgan fingerprint density at radius 2 is 1.64 bits per heavy atom. The second kappa shape index (κ2) is 11.7. The molecule has 2 fully saturated rings. The van der Waals surface area contributed by atoms with Gasteiger partial charge >= 0.3 is 0 Å². The van der Waals surface area contributed by atoms with Crippen LogP contribution in [0.1, 0.15) is 25.8 Å². The topological polar surface area (TPSA) is 101 Å². The van der Waals surface area contributed by atoms with Crippen LogP contribution < -0.4 is 16.8 Å². The van der Waals surface area contributed by atoms with Crippen molar-refractivity contribution in [2.75, 3.05) is 26.2 Å². The largest absolute Gasteiger partial charge is 0.369 e. The Morgan fingerprint density at radius 1 is 1.04 bits per heavy atom. The van der Waals surface area contributed by atoms with E-state index in [9.17, 15) is 18.4 Å². The van der Waals surface area contributed by atoms with Crippen molar-refractivity contribution >= 4 is 11.8 Å². The van der Waals surface area contributed by atoms with Gasteiger partial charge in [-0.05, 0) is 31.5 Å². The minimum Gasteiger partial charge on any atom is -0.369 e. The molecule has 0 aromatic heterocycles. The quantitative estimate of drug-likeness (QED) is 0.713. The highest BCUT2D eigenvalue weighted by Crippen LogP contribution is 2.21. The standard InChI is InChI=1S/C13H17FN2O.C6H11FN2O.CH4/c14-12-9-16(7-6-11(12)13(15)17)8-10-4-2-1-3-5-10;7-5-3-9-2-1-4(5)6(8)10;/h1-5,11-12H,6-9H2,(H2,15,17);4-5,9H,1-3H2,(H2,8,10);1H4. The Bertz CT molecular complexity index is 617. The Morgan fingerprint density at radius 3 is 2.14 bits per heavy atom. The highest BCUT2D eigenvalue weighted by Gasteiger charge is 2.32. The average Bonchev–Trinajstić information content (AvgIpc) is 2.63. The molecule has 1 aromatic carbocycles. The van der Waals surface area contributed by atoms with E-state index >= 15 is 0 Å². The Kier molecular flexibility index (Phi) is 10.0. The molecule has 2 aliphatic rings. The summed E-state index contributed by atoms with van der Waals surface area (Å²) < 4.78 is 26.4. The zero-order valence-electron chi connectivity index (χ0n) is 15.3. The smallest absolute Gasteiger partial charge is 0.223 e. The summed E-state index contributed by atoms with van der Waals surface area (Å²) in [5, 5.41) is 2.84. The fraction of sp³-hybridized carbons (Fsp3) is 0.600. The molecule has 28 heavy (non-hydrogen) atoms. The van der Waals surface area contributed by atoms with Crippen LogP contribution in [0, 0.1) is 11.8 Å². The zero-order valence-corrected chi connectivity index (χ0v) is 15.3. The molecular weight excluding hydrogens is 366 g/mol. The van der Waals surface area contributed by atoms with Gasteiger partial charge in [-0.1, -0.05) is 37.8 Å². The van der Waals surface area contributed by atoms with Crippen molar-refractivity contribution in [2.45, 2.75) is 39.2 Å². The first-order chi connectivity index (χ1) is 12.9. The van der Waals surface area contributed by atoms with Crippen molar-refractivity contribution in [1.29, 1.82) is 0 Å². The maximum atomic E-state index is 13.7. The van der Waals surface area contributed by atoms with E-state index in [0.717, 1.165) is 18.7 Å². The van der Waals surface area contributed by atoms with Crippen LogP contribution >= 0.6 is 0 Å². The second-order valence-corrected chi connectivity index (χ2v) is 7.05. The second-order valence-electron chi connectivity index (χ2n) is 7.05. The number of hydrogen-bond acceptors (Lipinski definition) is 4. The van der Waals surface area contributed by atoms with Crippen molar-refractivity contribution in [1.82, 2.24) is 10.2 Å². The fourth-order valence-electron chi connectivity index (χ4n) is 3.41. The molecule has 2 amide bonds. The molecule has 0 bridgehead atoms. The van der Waals surface area contributed by atoms with E-state index in [4.69, 9.17) is 11.5 Å². The third-order valence-corrected chi connectivity index (χ3v) is 5.01. The molecule has 2 aliphatic heterocycles. The maximum Gasteiger partial charge on any atom is 0.223 e. The normalized spacial score (nSPS) is 27.6. The van der Waals surface area contributed by atoms with Gasteiger partial charge in [0.15, 0.2) is 0 Å². The van der Waals surface area contributed by atoms with Crippen molar-refractivity contribution in [3.63, 3.8) is 0 Å². The van der Waals surface area contributed by atoms with Gasteiger partial charge < -0.3 is 16.8 Å². The molecule has 0 aliphatic carbocycles. The third kappa shape index (κ3) is 7.16. The molecular formula is C20H32F2N4O2. The summed E-state index contributed by atoms with van der Waals surface area (Å²) in [6, 6.07) is 9.94. The number of carbonyl (C=O) groups excluding carboxylic acids is 2. The van der Waals surface area contributed by atoms with E-state index in [1.807, 2.05) is 35.2 Å². The highest BCUT2D eigenvalue weighted by atomic mass is 19.1. The molecule has 3 rings (SSSR count). The molecule has 5 N–H and O–H groups in total. The maximum absolute atomic E-state index is 13.7. The van der Waals surface area contributed by atoms with Crippen LogP contribution in [-0.2, 0) is 16.1 Å². The molecule has 2 heterocycles. The lowest BCUT2D eigenvalue weighted by atomic mass is 9.94. The van der Waals surface area contributed by atoms with E-state index in [-0.39, 0.29) is 14.0 Å². The first-order valence-electron chi connectivity index (χ1n) is 9.22. The Hall–Kier alpha value is -2.06. The van der Waals surface area contributed by atoms with Crippen molar-refractivity contribution in [2.24, 2.45) is 23.3 Å². The van der Waals surface area contributed by atoms with E-state index in [1.165, 1.54) is 0 Å². The molecule has 8 heteroatoms. The SMILES string of the molecule is C.NC(=O)C1CCN(Cc2ccccc2)CC1F.NC(=O)C1CCNCC1F. The molecule has 4 unspecified atom stereocenters. The number of alkyl halides is 2. The number of carbonyl (C=O) groups is 2. The fourth-order valence-corrected chi connectivity index (χ4v) is 3.41. The number of nitrogens with two attached hydrogens (primary N) is 2. The minimum absolute atomic E-state index is 0. The summed E-state index contributed by atoms with van der Waals surface area (Å²) in [4.78, 5) is 23.5. The zero-order chi connectivity index (χ0) is 19.8. The number of halogens is 2. The van der Waals surface area contributed by atoms with E-state index < -0.39 is 36.0 Å². The van der Waals surface area contributed by atoms with Crippen molar-refractivity contribution in [3.8, 4) is 0 Å². The molecule has 158 valence electrons. The van der Waals surface area contributed by atoms with Crippen LogP contribution in [-0.4, -0.2) is 55.2 Å². The molecule has 0 saturated carbocycles. The number of benzene rings is 1. The molecule has 6 nitrogen and oxygen atoms in total. The summed E-state index contributed by atoms with van der Waals surface area (Å²) in [5.74, 6) is -2.21. The van der Waals surface area contributed by atoms with Gasteiger partial charge in [-0.2, -0.15) is 0 Å². The highest BCUT2D eigenvalue weighted by molar-refractivity contribution is 5.77. The number of amides is 2. The molecule has 1 aromatic rings. The summed E-state index contributed by atoms with van der Waals surface area (Å²) in [5.41, 5.74) is 11.3. The molecule has 0 radical (unpaired) electrons. The van der Waals surface area contributed by atoms with Crippen LogP contribution in [0.25, 0.3) is 0 Å². The van der Waals surface area contributed by atoms with Crippen LogP contribution in [0.4, 0.5) is 8.78 Å². The molecule has 0 spiro atoms. The minimum atomic E-state index is -1.13. The number of piperidine rings is 2. The predicted octanol–water partition coefficient (Wildman–Crippen LogP) is 1.39. The van der Waals surface area contributed by atoms with Gasteiger partial charge in [0.2, 0.25) is 11.8 Å². The number of nitrogens with one attached hydrogen (secondary N) is 1. The summed E-state index contributed by atoms with van der Waals surface area (Å²) in [7, 11) is 0. The summed E-state index contributed by atoms with van der Waals surface area (Å²) in [6.45, 7) is 2.69. The molecule has 2 saturated heterocycles. The van der Waals surface area contributed by atoms with Gasteiger partial charge in [-0.25, -0.2) is 8.78 Å². The van der Waals surface area contributed by atoms with Gasteiger partial charge in [0.25, 0.3) is 0 Å².